The van der Waals surface area contributed by atoms with Crippen molar-refractivity contribution in [3.63, 3.8) is 0 Å². The van der Waals surface area contributed by atoms with Crippen molar-refractivity contribution < 1.29 is 28.5 Å². The molecule has 0 heterocycles. The fourth-order valence-corrected chi connectivity index (χ4v) is 5.00. The summed E-state index contributed by atoms with van der Waals surface area (Å²) in [4.78, 5) is 24.2. The average Bonchev–Trinajstić information content (AvgIpc) is 2.99. The molecule has 0 saturated carbocycles. The standard InChI is InChI=1S/C35H69NO6/c1-4-6-8-10-12-14-16-18-20-22-24-26-29-40-33(32-42-35(38)36-28-30-39-3)31-41-34(37)27-25-23-21-19-17-15-13-11-9-7-5-2/h33H,4-32H2,1-3H3,(H,36,38). The third-order valence-electron chi connectivity index (χ3n) is 7.74. The first-order valence-corrected chi connectivity index (χ1v) is 17.8. The minimum atomic E-state index is -0.515. The Morgan fingerprint density at radius 1 is 0.548 bits per heavy atom. The van der Waals surface area contributed by atoms with Gasteiger partial charge in [0.05, 0.1) is 6.61 Å². The summed E-state index contributed by atoms with van der Waals surface area (Å²) in [5.41, 5.74) is 0. The molecular formula is C35H69NO6. The number of hydrogen-bond donors (Lipinski definition) is 1. The molecule has 0 aliphatic rings. The molecule has 0 aromatic heterocycles. The van der Waals surface area contributed by atoms with Crippen LogP contribution in [0.25, 0.3) is 0 Å². The Labute approximate surface area is 259 Å². The van der Waals surface area contributed by atoms with Gasteiger partial charge in [0.25, 0.3) is 0 Å². The molecule has 0 rings (SSSR count). The van der Waals surface area contributed by atoms with Crippen LogP contribution in [0.1, 0.15) is 168 Å². The molecular weight excluding hydrogens is 530 g/mol. The second-order valence-corrected chi connectivity index (χ2v) is 11.9. The van der Waals surface area contributed by atoms with E-state index in [0.717, 1.165) is 25.7 Å². The molecule has 1 atom stereocenters. The van der Waals surface area contributed by atoms with E-state index in [1.807, 2.05) is 0 Å². The SMILES string of the molecule is CCCCCCCCCCCCCCOC(COC(=O)CCCCCCCCCCCCC)COC(=O)NCCOC. The second-order valence-electron chi connectivity index (χ2n) is 11.9. The quantitative estimate of drug-likeness (QED) is 0.0597. The van der Waals surface area contributed by atoms with E-state index in [4.69, 9.17) is 18.9 Å². The summed E-state index contributed by atoms with van der Waals surface area (Å²) in [5.74, 6) is -0.200. The van der Waals surface area contributed by atoms with Crippen LogP contribution in [0.4, 0.5) is 4.79 Å². The van der Waals surface area contributed by atoms with Gasteiger partial charge in [0, 0.05) is 26.7 Å². The average molecular weight is 600 g/mol. The maximum atomic E-state index is 12.3. The van der Waals surface area contributed by atoms with Crippen LogP contribution in [0.3, 0.4) is 0 Å². The number of methoxy groups -OCH3 is 1. The highest BCUT2D eigenvalue weighted by molar-refractivity contribution is 5.69. The lowest BCUT2D eigenvalue weighted by Gasteiger charge is -2.18. The highest BCUT2D eigenvalue weighted by Crippen LogP contribution is 2.14. The van der Waals surface area contributed by atoms with Gasteiger partial charge in [-0.05, 0) is 12.8 Å². The molecule has 0 bridgehead atoms. The van der Waals surface area contributed by atoms with E-state index in [0.29, 0.717) is 26.2 Å². The first-order chi connectivity index (χ1) is 20.6. The van der Waals surface area contributed by atoms with E-state index in [9.17, 15) is 9.59 Å². The zero-order valence-electron chi connectivity index (χ0n) is 28.0. The van der Waals surface area contributed by atoms with E-state index >= 15 is 0 Å². The van der Waals surface area contributed by atoms with Crippen LogP contribution in [0.5, 0.6) is 0 Å². The molecule has 0 aromatic carbocycles. The van der Waals surface area contributed by atoms with Crippen molar-refractivity contribution in [2.24, 2.45) is 0 Å². The smallest absolute Gasteiger partial charge is 0.407 e. The zero-order valence-corrected chi connectivity index (χ0v) is 28.0. The Balaban J connectivity index is 4.03. The second kappa shape index (κ2) is 34.2. The van der Waals surface area contributed by atoms with Gasteiger partial charge < -0.3 is 24.3 Å². The number of carbonyl (C=O) groups is 2. The molecule has 0 aliphatic carbocycles. The van der Waals surface area contributed by atoms with Crippen molar-refractivity contribution >= 4 is 12.1 Å². The van der Waals surface area contributed by atoms with Crippen LogP contribution >= 0.6 is 0 Å². The summed E-state index contributed by atoms with van der Waals surface area (Å²) in [5, 5.41) is 2.64. The fourth-order valence-electron chi connectivity index (χ4n) is 5.00. The lowest BCUT2D eigenvalue weighted by atomic mass is 10.1. The molecule has 250 valence electrons. The summed E-state index contributed by atoms with van der Waals surface area (Å²) < 4.78 is 21.7. The Morgan fingerprint density at radius 3 is 1.45 bits per heavy atom. The monoisotopic (exact) mass is 600 g/mol. The zero-order chi connectivity index (χ0) is 30.8. The number of unbranched alkanes of at least 4 members (excludes halogenated alkanes) is 21. The van der Waals surface area contributed by atoms with Gasteiger partial charge in [0.1, 0.15) is 19.3 Å². The largest absolute Gasteiger partial charge is 0.463 e. The van der Waals surface area contributed by atoms with Gasteiger partial charge in [-0.2, -0.15) is 0 Å². The van der Waals surface area contributed by atoms with Crippen LogP contribution in [-0.2, 0) is 23.7 Å². The van der Waals surface area contributed by atoms with E-state index in [-0.39, 0.29) is 19.2 Å². The molecule has 0 saturated heterocycles. The Morgan fingerprint density at radius 2 is 0.976 bits per heavy atom. The van der Waals surface area contributed by atoms with Gasteiger partial charge >= 0.3 is 12.1 Å². The number of esters is 1. The summed E-state index contributed by atoms with van der Waals surface area (Å²) >= 11 is 0. The number of hydrogen-bond acceptors (Lipinski definition) is 6. The molecule has 1 amide bonds. The van der Waals surface area contributed by atoms with Crippen LogP contribution in [0.15, 0.2) is 0 Å². The molecule has 0 fully saturated rings. The molecule has 42 heavy (non-hydrogen) atoms. The molecule has 0 radical (unpaired) electrons. The Kier molecular flexibility index (Phi) is 33.1. The molecule has 7 nitrogen and oxygen atoms in total. The highest BCUT2D eigenvalue weighted by atomic mass is 16.6. The van der Waals surface area contributed by atoms with E-state index in [1.165, 1.54) is 122 Å². The van der Waals surface area contributed by atoms with Crippen molar-refractivity contribution in [3.05, 3.63) is 0 Å². The normalized spacial score (nSPS) is 11.9. The van der Waals surface area contributed by atoms with Gasteiger partial charge in [-0.1, -0.05) is 149 Å². The first-order valence-electron chi connectivity index (χ1n) is 17.8. The van der Waals surface area contributed by atoms with E-state index in [1.54, 1.807) is 7.11 Å². The third-order valence-corrected chi connectivity index (χ3v) is 7.74. The predicted molar refractivity (Wildman–Crippen MR) is 174 cm³/mol. The van der Waals surface area contributed by atoms with Crippen LogP contribution in [-0.4, -0.2) is 58.2 Å². The highest BCUT2D eigenvalue weighted by Gasteiger charge is 2.15. The number of alkyl carbamates (subject to hydrolysis) is 1. The van der Waals surface area contributed by atoms with Gasteiger partial charge in [-0.15, -0.1) is 0 Å². The molecule has 1 unspecified atom stereocenters. The first kappa shape index (κ1) is 40.7. The molecule has 0 aliphatic heterocycles. The third kappa shape index (κ3) is 31.6. The summed E-state index contributed by atoms with van der Waals surface area (Å²) in [7, 11) is 1.58. The minimum absolute atomic E-state index is 0.0583. The maximum absolute atomic E-state index is 12.3. The molecule has 7 heteroatoms. The van der Waals surface area contributed by atoms with Crippen molar-refractivity contribution in [1.29, 1.82) is 0 Å². The minimum Gasteiger partial charge on any atom is -0.463 e. The summed E-state index contributed by atoms with van der Waals surface area (Å²) in [6, 6.07) is 0. The van der Waals surface area contributed by atoms with Gasteiger partial charge in [0.2, 0.25) is 0 Å². The predicted octanol–water partition coefficient (Wildman–Crippen LogP) is 9.69. The number of ether oxygens (including phenoxy) is 4. The number of nitrogens with one attached hydrogen (secondary N) is 1. The molecule has 0 aromatic rings. The lowest BCUT2D eigenvalue weighted by molar-refractivity contribution is -0.149. The topological polar surface area (TPSA) is 83.1 Å². The number of rotatable bonds is 33. The van der Waals surface area contributed by atoms with Crippen molar-refractivity contribution in [3.8, 4) is 0 Å². The van der Waals surface area contributed by atoms with Crippen molar-refractivity contribution in [2.75, 3.05) is 40.1 Å². The fraction of sp³-hybridized carbons (Fsp3) is 0.943. The maximum Gasteiger partial charge on any atom is 0.407 e. The summed E-state index contributed by atoms with van der Waals surface area (Å²) in [6.07, 6.45) is 28.7. The van der Waals surface area contributed by atoms with Crippen LogP contribution in [0, 0.1) is 0 Å². The lowest BCUT2D eigenvalue weighted by Crippen LogP contribution is -2.33. The van der Waals surface area contributed by atoms with Crippen molar-refractivity contribution in [2.45, 2.75) is 174 Å². The van der Waals surface area contributed by atoms with Crippen LogP contribution in [0.2, 0.25) is 0 Å². The Hall–Kier alpha value is -1.34. The van der Waals surface area contributed by atoms with Crippen molar-refractivity contribution in [1.82, 2.24) is 5.32 Å². The van der Waals surface area contributed by atoms with E-state index < -0.39 is 12.2 Å². The van der Waals surface area contributed by atoms with Gasteiger partial charge in [-0.3, -0.25) is 4.79 Å². The van der Waals surface area contributed by atoms with Gasteiger partial charge in [-0.25, -0.2) is 4.79 Å². The van der Waals surface area contributed by atoms with E-state index in [2.05, 4.69) is 19.2 Å². The number of carbonyl (C=O) groups excluding carboxylic acids is 2. The van der Waals surface area contributed by atoms with Crippen LogP contribution < -0.4 is 5.32 Å². The summed E-state index contributed by atoms with van der Waals surface area (Å²) in [6.45, 7) is 6.07. The Bertz CT molecular complexity index is 574. The number of amides is 1. The van der Waals surface area contributed by atoms with Gasteiger partial charge in [0.15, 0.2) is 0 Å². The molecule has 0 spiro atoms. The molecule has 1 N–H and O–H groups in total.